The normalized spacial score (nSPS) is 15.6. The molecule has 108 valence electrons. The van der Waals surface area contributed by atoms with Gasteiger partial charge in [0.15, 0.2) is 0 Å². The van der Waals surface area contributed by atoms with Crippen molar-refractivity contribution < 1.29 is 0 Å². The monoisotopic (exact) mass is 262 g/mol. The van der Waals surface area contributed by atoms with Crippen LogP contribution in [0.25, 0.3) is 0 Å². The molecule has 1 aromatic rings. The topological polar surface area (TPSA) is 29.3 Å². The predicted molar refractivity (Wildman–Crippen MR) is 84.5 cm³/mol. The fraction of sp³-hybridized carbons (Fsp3) is 0.647. The number of nitrogens with zero attached hydrogens (tertiary/aromatic N) is 1. The highest BCUT2D eigenvalue weighted by Crippen LogP contribution is 2.23. The summed E-state index contributed by atoms with van der Waals surface area (Å²) in [6, 6.07) is 9.44. The molecule has 19 heavy (non-hydrogen) atoms. The van der Waals surface area contributed by atoms with Gasteiger partial charge in [0.1, 0.15) is 0 Å². The molecule has 2 unspecified atom stereocenters. The Hall–Kier alpha value is -0.860. The van der Waals surface area contributed by atoms with Gasteiger partial charge in [0, 0.05) is 18.6 Å². The second-order valence-electron chi connectivity index (χ2n) is 6.68. The van der Waals surface area contributed by atoms with Crippen LogP contribution >= 0.6 is 0 Å². The minimum absolute atomic E-state index is 0.0908. The molecule has 1 rings (SSSR count). The summed E-state index contributed by atoms with van der Waals surface area (Å²) in [4.78, 5) is 2.34. The van der Waals surface area contributed by atoms with Gasteiger partial charge in [-0.05, 0) is 36.9 Å². The van der Waals surface area contributed by atoms with E-state index in [1.807, 2.05) is 0 Å². The van der Waals surface area contributed by atoms with Crippen molar-refractivity contribution in [2.75, 3.05) is 13.6 Å². The van der Waals surface area contributed by atoms with Crippen LogP contribution in [0.3, 0.4) is 0 Å². The molecule has 2 atom stereocenters. The van der Waals surface area contributed by atoms with Crippen LogP contribution in [0.15, 0.2) is 24.3 Å². The molecule has 1 aromatic carbocycles. The predicted octanol–water partition coefficient (Wildman–Crippen LogP) is 3.71. The lowest BCUT2D eigenvalue weighted by molar-refractivity contribution is 0.237. The minimum atomic E-state index is 0.0908. The van der Waals surface area contributed by atoms with Crippen LogP contribution in [0.5, 0.6) is 0 Å². The maximum absolute atomic E-state index is 6.31. The van der Waals surface area contributed by atoms with Crippen molar-refractivity contribution in [1.29, 1.82) is 0 Å². The molecule has 0 amide bonds. The van der Waals surface area contributed by atoms with Crippen LogP contribution in [0.1, 0.15) is 58.2 Å². The number of hydrogen-bond donors (Lipinski definition) is 1. The van der Waals surface area contributed by atoms with Crippen molar-refractivity contribution in [3.8, 4) is 0 Å². The molecular weight excluding hydrogens is 232 g/mol. The summed E-state index contributed by atoms with van der Waals surface area (Å²) in [7, 11) is 2.15. The Morgan fingerprint density at radius 2 is 1.68 bits per heavy atom. The molecule has 2 nitrogen and oxygen atoms in total. The lowest BCUT2D eigenvalue weighted by atomic mass is 9.86. The van der Waals surface area contributed by atoms with Crippen molar-refractivity contribution in [3.63, 3.8) is 0 Å². The molecule has 0 saturated heterocycles. The van der Waals surface area contributed by atoms with Gasteiger partial charge in [0.2, 0.25) is 0 Å². The largest absolute Gasteiger partial charge is 0.323 e. The zero-order valence-electron chi connectivity index (χ0n) is 13.4. The molecule has 0 aliphatic carbocycles. The third-order valence-corrected chi connectivity index (χ3v) is 4.03. The average molecular weight is 262 g/mol. The van der Waals surface area contributed by atoms with E-state index < -0.39 is 0 Å². The minimum Gasteiger partial charge on any atom is -0.323 e. The fourth-order valence-electron chi connectivity index (χ4n) is 2.14. The molecular formula is C17H30N2. The molecule has 0 radical (unpaired) electrons. The molecule has 0 fully saturated rings. The smallest absolute Gasteiger partial charge is 0.0424 e. The van der Waals surface area contributed by atoms with Crippen LogP contribution in [0, 0.1) is 0 Å². The second kappa shape index (κ2) is 6.53. The molecule has 0 aliphatic heterocycles. The van der Waals surface area contributed by atoms with Gasteiger partial charge in [-0.1, -0.05) is 52.0 Å². The maximum atomic E-state index is 6.31. The molecule has 0 heterocycles. The fourth-order valence-corrected chi connectivity index (χ4v) is 2.14. The number of nitrogens with two attached hydrogens (primary N) is 1. The van der Waals surface area contributed by atoms with Gasteiger partial charge in [0.25, 0.3) is 0 Å². The SMILES string of the molecule is CCC(C)N(C)CC(N)c1ccc(C(C)(C)C)cc1. The number of benzene rings is 1. The van der Waals surface area contributed by atoms with Gasteiger partial charge < -0.3 is 10.6 Å². The van der Waals surface area contributed by atoms with E-state index in [-0.39, 0.29) is 11.5 Å². The molecule has 0 aromatic heterocycles. The highest BCUT2D eigenvalue weighted by molar-refractivity contribution is 5.29. The highest BCUT2D eigenvalue weighted by atomic mass is 15.1. The van der Waals surface area contributed by atoms with Gasteiger partial charge >= 0.3 is 0 Å². The standard InChI is InChI=1S/C17H30N2/c1-7-13(2)19(6)12-16(18)14-8-10-15(11-9-14)17(3,4)5/h8-11,13,16H,7,12,18H2,1-6H3. The number of rotatable bonds is 5. The Morgan fingerprint density at radius 3 is 2.11 bits per heavy atom. The Labute approximate surface area is 119 Å². The summed E-state index contributed by atoms with van der Waals surface area (Å²) in [5, 5.41) is 0. The molecule has 2 N–H and O–H groups in total. The van der Waals surface area contributed by atoms with Gasteiger partial charge in [0.05, 0.1) is 0 Å². The zero-order chi connectivity index (χ0) is 14.6. The summed E-state index contributed by atoms with van der Waals surface area (Å²) in [5.41, 5.74) is 9.10. The van der Waals surface area contributed by atoms with Crippen molar-refractivity contribution in [3.05, 3.63) is 35.4 Å². The van der Waals surface area contributed by atoms with Crippen LogP contribution in [0.2, 0.25) is 0 Å². The van der Waals surface area contributed by atoms with Crippen LogP contribution in [0.4, 0.5) is 0 Å². The van der Waals surface area contributed by atoms with Crippen LogP contribution in [-0.4, -0.2) is 24.5 Å². The van der Waals surface area contributed by atoms with E-state index in [0.29, 0.717) is 6.04 Å². The highest BCUT2D eigenvalue weighted by Gasteiger charge is 2.16. The third-order valence-electron chi connectivity index (χ3n) is 4.03. The van der Waals surface area contributed by atoms with Gasteiger partial charge in [-0.25, -0.2) is 0 Å². The lowest BCUT2D eigenvalue weighted by Gasteiger charge is -2.27. The van der Waals surface area contributed by atoms with E-state index in [1.54, 1.807) is 0 Å². The maximum Gasteiger partial charge on any atom is 0.0424 e. The Balaban J connectivity index is 2.70. The van der Waals surface area contributed by atoms with Crippen molar-refractivity contribution >= 4 is 0 Å². The van der Waals surface area contributed by atoms with Crippen molar-refractivity contribution in [2.24, 2.45) is 5.73 Å². The van der Waals surface area contributed by atoms with E-state index in [1.165, 1.54) is 11.1 Å². The van der Waals surface area contributed by atoms with Crippen LogP contribution in [-0.2, 0) is 5.41 Å². The van der Waals surface area contributed by atoms with Crippen molar-refractivity contribution in [1.82, 2.24) is 4.90 Å². The number of hydrogen-bond acceptors (Lipinski definition) is 2. The first kappa shape index (κ1) is 16.2. The summed E-state index contributed by atoms with van der Waals surface area (Å²) >= 11 is 0. The van der Waals surface area contributed by atoms with Crippen molar-refractivity contribution in [2.45, 2.75) is 58.5 Å². The van der Waals surface area contributed by atoms with E-state index in [9.17, 15) is 0 Å². The lowest BCUT2D eigenvalue weighted by Crippen LogP contribution is -2.35. The molecule has 0 spiro atoms. The second-order valence-corrected chi connectivity index (χ2v) is 6.68. The van der Waals surface area contributed by atoms with Crippen LogP contribution < -0.4 is 5.73 Å². The first-order chi connectivity index (χ1) is 8.75. The van der Waals surface area contributed by atoms with Gasteiger partial charge in [-0.2, -0.15) is 0 Å². The van der Waals surface area contributed by atoms with E-state index >= 15 is 0 Å². The van der Waals surface area contributed by atoms with Gasteiger partial charge in [-0.3, -0.25) is 0 Å². The van der Waals surface area contributed by atoms with E-state index in [2.05, 4.69) is 70.8 Å². The summed E-state index contributed by atoms with van der Waals surface area (Å²) in [6.07, 6.45) is 1.16. The summed E-state index contributed by atoms with van der Waals surface area (Å²) in [5.74, 6) is 0. The summed E-state index contributed by atoms with van der Waals surface area (Å²) < 4.78 is 0. The number of likely N-dealkylation sites (N-methyl/N-ethyl adjacent to an activating group) is 1. The average Bonchev–Trinajstić information content (AvgIpc) is 2.36. The van der Waals surface area contributed by atoms with Gasteiger partial charge in [-0.15, -0.1) is 0 Å². The first-order valence-corrected chi connectivity index (χ1v) is 7.32. The van der Waals surface area contributed by atoms with E-state index in [4.69, 9.17) is 5.73 Å². The Bertz CT molecular complexity index is 375. The molecule has 0 bridgehead atoms. The Morgan fingerprint density at radius 1 is 1.16 bits per heavy atom. The molecule has 2 heteroatoms. The Kier molecular flexibility index (Phi) is 5.57. The first-order valence-electron chi connectivity index (χ1n) is 7.32. The zero-order valence-corrected chi connectivity index (χ0v) is 13.4. The quantitative estimate of drug-likeness (QED) is 0.876. The van der Waals surface area contributed by atoms with E-state index in [0.717, 1.165) is 13.0 Å². The molecule has 0 aliphatic rings. The summed E-state index contributed by atoms with van der Waals surface area (Å²) in [6.45, 7) is 12.1. The molecule has 0 saturated carbocycles. The third kappa shape index (κ3) is 4.63.